The van der Waals surface area contributed by atoms with Crippen LogP contribution in [0.5, 0.6) is 0 Å². The van der Waals surface area contributed by atoms with Crippen molar-refractivity contribution in [3.8, 4) is 0 Å². The lowest BCUT2D eigenvalue weighted by Crippen LogP contribution is -2.45. The minimum Gasteiger partial charge on any atom is -0.350 e. The molecule has 0 aromatic heterocycles. The Balaban J connectivity index is 1.90. The van der Waals surface area contributed by atoms with Gasteiger partial charge in [-0.15, -0.1) is 0 Å². The Morgan fingerprint density at radius 2 is 1.78 bits per heavy atom. The molecule has 1 aromatic rings. The average molecular weight is 316 g/mol. The summed E-state index contributed by atoms with van der Waals surface area (Å²) in [6.07, 6.45) is 6.82. The first-order chi connectivity index (χ1) is 11.1. The molecular weight excluding hydrogens is 288 g/mol. The summed E-state index contributed by atoms with van der Waals surface area (Å²) in [6, 6.07) is 8.24. The molecule has 1 aliphatic carbocycles. The second-order valence-electron chi connectivity index (χ2n) is 6.50. The number of hydrogen-bond donors (Lipinski definition) is 1. The van der Waals surface area contributed by atoms with Crippen LogP contribution >= 0.6 is 0 Å². The number of amides is 2. The van der Waals surface area contributed by atoms with E-state index < -0.39 is 0 Å². The van der Waals surface area contributed by atoms with E-state index in [-0.39, 0.29) is 24.4 Å². The number of aryl methyl sites for hydroxylation is 1. The number of carbonyl (C=O) groups is 2. The van der Waals surface area contributed by atoms with Gasteiger partial charge in [-0.05, 0) is 30.9 Å². The molecule has 4 nitrogen and oxygen atoms in total. The molecule has 0 bridgehead atoms. The predicted octanol–water partition coefficient (Wildman–Crippen LogP) is 3.18. The summed E-state index contributed by atoms with van der Waals surface area (Å²) in [5.74, 6) is -0.0735. The number of benzene rings is 1. The second-order valence-corrected chi connectivity index (χ2v) is 6.50. The smallest absolute Gasteiger partial charge is 0.239 e. The molecule has 1 N–H and O–H groups in total. The number of carbonyl (C=O) groups excluding carboxylic acids is 2. The lowest BCUT2D eigenvalue weighted by atomic mass is 10.1. The Hall–Kier alpha value is -1.84. The van der Waals surface area contributed by atoms with E-state index >= 15 is 0 Å². The van der Waals surface area contributed by atoms with Gasteiger partial charge in [-0.25, -0.2) is 0 Å². The van der Waals surface area contributed by atoms with Gasteiger partial charge in [-0.1, -0.05) is 49.9 Å². The Morgan fingerprint density at radius 3 is 2.39 bits per heavy atom. The van der Waals surface area contributed by atoms with Crippen LogP contribution in [0.25, 0.3) is 0 Å². The first-order valence-corrected chi connectivity index (χ1v) is 8.66. The van der Waals surface area contributed by atoms with Gasteiger partial charge < -0.3 is 10.2 Å². The topological polar surface area (TPSA) is 49.4 Å². The van der Waals surface area contributed by atoms with Gasteiger partial charge in [0.25, 0.3) is 0 Å². The Morgan fingerprint density at radius 1 is 1.13 bits per heavy atom. The third-order valence-electron chi connectivity index (χ3n) is 4.72. The molecule has 4 heteroatoms. The van der Waals surface area contributed by atoms with Crippen LogP contribution in [0.4, 0.5) is 0 Å². The second kappa shape index (κ2) is 8.70. The van der Waals surface area contributed by atoms with E-state index in [1.54, 1.807) is 11.8 Å². The van der Waals surface area contributed by atoms with E-state index in [1.165, 1.54) is 18.4 Å². The summed E-state index contributed by atoms with van der Waals surface area (Å²) >= 11 is 0. The minimum atomic E-state index is -0.0762. The molecule has 1 saturated carbocycles. The predicted molar refractivity (Wildman–Crippen MR) is 91.9 cm³/mol. The molecule has 0 heterocycles. The highest BCUT2D eigenvalue weighted by Crippen LogP contribution is 2.22. The molecule has 0 unspecified atom stereocenters. The highest BCUT2D eigenvalue weighted by molar-refractivity contribution is 5.84. The maximum Gasteiger partial charge on any atom is 0.239 e. The van der Waals surface area contributed by atoms with Crippen LogP contribution in [0.2, 0.25) is 0 Å². The number of rotatable bonds is 5. The first kappa shape index (κ1) is 17.5. The van der Waals surface area contributed by atoms with E-state index in [9.17, 15) is 9.59 Å². The zero-order chi connectivity index (χ0) is 16.7. The van der Waals surface area contributed by atoms with Crippen LogP contribution in [0.3, 0.4) is 0 Å². The van der Waals surface area contributed by atoms with Crippen LogP contribution in [0.15, 0.2) is 24.3 Å². The number of nitrogens with zero attached hydrogens (tertiary/aromatic N) is 1. The third kappa shape index (κ3) is 5.38. The quantitative estimate of drug-likeness (QED) is 0.848. The maximum absolute atomic E-state index is 12.3. The van der Waals surface area contributed by atoms with Crippen molar-refractivity contribution < 1.29 is 9.59 Å². The normalized spacial score (nSPS) is 15.7. The summed E-state index contributed by atoms with van der Waals surface area (Å²) in [5, 5.41) is 2.95. The summed E-state index contributed by atoms with van der Waals surface area (Å²) in [7, 11) is 0. The van der Waals surface area contributed by atoms with Crippen molar-refractivity contribution in [3.05, 3.63) is 35.4 Å². The van der Waals surface area contributed by atoms with Gasteiger partial charge in [0.2, 0.25) is 11.8 Å². The summed E-state index contributed by atoms with van der Waals surface area (Å²) in [5.41, 5.74) is 2.28. The average Bonchev–Trinajstić information content (AvgIpc) is 2.80. The molecule has 126 valence electrons. The fraction of sp³-hybridized carbons (Fsp3) is 0.579. The monoisotopic (exact) mass is 316 g/mol. The molecule has 0 spiro atoms. The van der Waals surface area contributed by atoms with E-state index in [1.807, 2.05) is 31.2 Å². The van der Waals surface area contributed by atoms with Crippen molar-refractivity contribution in [3.63, 3.8) is 0 Å². The van der Waals surface area contributed by atoms with Crippen molar-refractivity contribution in [2.45, 2.75) is 65.0 Å². The van der Waals surface area contributed by atoms with E-state index in [0.29, 0.717) is 6.54 Å². The number of nitrogens with one attached hydrogen (secondary N) is 1. The Labute approximate surface area is 139 Å². The zero-order valence-corrected chi connectivity index (χ0v) is 14.3. The van der Waals surface area contributed by atoms with Crippen molar-refractivity contribution in [2.75, 3.05) is 6.54 Å². The summed E-state index contributed by atoms with van der Waals surface area (Å²) in [6.45, 7) is 4.29. The van der Waals surface area contributed by atoms with Crippen LogP contribution in [-0.2, 0) is 16.1 Å². The van der Waals surface area contributed by atoms with E-state index in [2.05, 4.69) is 5.32 Å². The van der Waals surface area contributed by atoms with Gasteiger partial charge in [-0.3, -0.25) is 9.59 Å². The van der Waals surface area contributed by atoms with Gasteiger partial charge in [0.1, 0.15) is 0 Å². The van der Waals surface area contributed by atoms with Crippen molar-refractivity contribution >= 4 is 11.8 Å². The van der Waals surface area contributed by atoms with Gasteiger partial charge in [0.05, 0.1) is 6.54 Å². The molecule has 0 atom stereocenters. The fourth-order valence-corrected chi connectivity index (χ4v) is 3.28. The summed E-state index contributed by atoms with van der Waals surface area (Å²) in [4.78, 5) is 26.0. The summed E-state index contributed by atoms with van der Waals surface area (Å²) < 4.78 is 0. The molecule has 0 aliphatic heterocycles. The standard InChI is InChI=1S/C19H28N2O2/c1-15-9-7-8-10-17(15)13-20-19(23)14-21(16(2)22)18-11-5-3-4-6-12-18/h7-10,18H,3-6,11-14H2,1-2H3,(H,20,23). The molecule has 1 aliphatic rings. The molecule has 0 radical (unpaired) electrons. The largest absolute Gasteiger partial charge is 0.350 e. The van der Waals surface area contributed by atoms with Crippen LogP contribution in [-0.4, -0.2) is 29.3 Å². The fourth-order valence-electron chi connectivity index (χ4n) is 3.28. The lowest BCUT2D eigenvalue weighted by molar-refractivity contribution is -0.136. The highest BCUT2D eigenvalue weighted by Gasteiger charge is 2.24. The Bertz CT molecular complexity index is 534. The van der Waals surface area contributed by atoms with Gasteiger partial charge >= 0.3 is 0 Å². The van der Waals surface area contributed by atoms with Gasteiger partial charge in [0.15, 0.2) is 0 Å². The Kier molecular flexibility index (Phi) is 6.63. The first-order valence-electron chi connectivity index (χ1n) is 8.66. The third-order valence-corrected chi connectivity index (χ3v) is 4.72. The maximum atomic E-state index is 12.3. The van der Waals surface area contributed by atoms with E-state index in [4.69, 9.17) is 0 Å². The van der Waals surface area contributed by atoms with Crippen molar-refractivity contribution in [2.24, 2.45) is 0 Å². The minimum absolute atomic E-state index is 0.00272. The molecule has 2 rings (SSSR count). The molecule has 1 aromatic carbocycles. The van der Waals surface area contributed by atoms with Crippen LogP contribution in [0, 0.1) is 6.92 Å². The molecular formula is C19H28N2O2. The van der Waals surface area contributed by atoms with E-state index in [0.717, 1.165) is 31.2 Å². The number of hydrogen-bond acceptors (Lipinski definition) is 2. The molecule has 0 saturated heterocycles. The molecule has 2 amide bonds. The SMILES string of the molecule is CC(=O)N(CC(=O)NCc1ccccc1C)C1CCCCCC1. The van der Waals surface area contributed by atoms with Crippen molar-refractivity contribution in [1.82, 2.24) is 10.2 Å². The molecule has 23 heavy (non-hydrogen) atoms. The van der Waals surface area contributed by atoms with Gasteiger partial charge in [-0.2, -0.15) is 0 Å². The van der Waals surface area contributed by atoms with Crippen LogP contribution < -0.4 is 5.32 Å². The van der Waals surface area contributed by atoms with Crippen LogP contribution in [0.1, 0.15) is 56.6 Å². The molecule has 1 fully saturated rings. The zero-order valence-electron chi connectivity index (χ0n) is 14.3. The lowest BCUT2D eigenvalue weighted by Gasteiger charge is -2.29. The van der Waals surface area contributed by atoms with Crippen molar-refractivity contribution in [1.29, 1.82) is 0 Å². The van der Waals surface area contributed by atoms with Gasteiger partial charge in [0, 0.05) is 19.5 Å². The highest BCUT2D eigenvalue weighted by atomic mass is 16.2.